The van der Waals surface area contributed by atoms with Crippen LogP contribution >= 0.6 is 0 Å². The second-order valence-electron chi connectivity index (χ2n) is 2.49. The van der Waals surface area contributed by atoms with Crippen LogP contribution in [0.4, 0.5) is 0 Å². The molecule has 1 aromatic rings. The van der Waals surface area contributed by atoms with Gasteiger partial charge in [-0.05, 0) is 14.0 Å². The first kappa shape index (κ1) is 8.93. The van der Waals surface area contributed by atoms with Crippen LogP contribution in [0.15, 0.2) is 6.20 Å². The van der Waals surface area contributed by atoms with E-state index >= 15 is 0 Å². The van der Waals surface area contributed by atoms with Crippen molar-refractivity contribution >= 4 is 0 Å². The summed E-state index contributed by atoms with van der Waals surface area (Å²) in [4.78, 5) is 8.37. The first-order chi connectivity index (χ1) is 5.77. The summed E-state index contributed by atoms with van der Waals surface area (Å²) in [5.74, 6) is 0.592. The lowest BCUT2D eigenvalue weighted by atomic mass is 10.4. The number of hydrogen-bond donors (Lipinski definition) is 1. The molecule has 0 amide bonds. The van der Waals surface area contributed by atoms with Gasteiger partial charge in [-0.25, -0.2) is 9.97 Å². The first-order valence-corrected chi connectivity index (χ1v) is 3.79. The average molecular weight is 167 g/mol. The van der Waals surface area contributed by atoms with Crippen molar-refractivity contribution in [3.63, 3.8) is 0 Å². The van der Waals surface area contributed by atoms with Gasteiger partial charge in [-0.1, -0.05) is 0 Å². The van der Waals surface area contributed by atoms with E-state index in [0.29, 0.717) is 5.88 Å². The summed E-state index contributed by atoms with van der Waals surface area (Å²) in [5, 5.41) is 3.01. The zero-order valence-electron chi connectivity index (χ0n) is 7.59. The van der Waals surface area contributed by atoms with Crippen molar-refractivity contribution in [1.82, 2.24) is 15.3 Å². The molecule has 0 unspecified atom stereocenters. The zero-order valence-corrected chi connectivity index (χ0v) is 7.59. The number of aryl methyl sites for hydroxylation is 1. The molecule has 0 saturated heterocycles. The molecule has 4 nitrogen and oxygen atoms in total. The van der Waals surface area contributed by atoms with E-state index in [1.54, 1.807) is 13.3 Å². The molecule has 0 aliphatic carbocycles. The molecule has 12 heavy (non-hydrogen) atoms. The molecular formula is C8H13N3O. The standard InChI is InChI=1S/C8H13N3O/c1-6-8(12-3)10-5-7(11-6)4-9-2/h5,9H,4H2,1-3H3. The topological polar surface area (TPSA) is 47.0 Å². The number of rotatable bonds is 3. The summed E-state index contributed by atoms with van der Waals surface area (Å²) in [6, 6.07) is 0. The van der Waals surface area contributed by atoms with Gasteiger partial charge in [0.05, 0.1) is 24.7 Å². The fourth-order valence-corrected chi connectivity index (χ4v) is 0.985. The molecule has 0 saturated carbocycles. The van der Waals surface area contributed by atoms with Crippen molar-refractivity contribution < 1.29 is 4.74 Å². The number of nitrogens with zero attached hydrogens (tertiary/aromatic N) is 2. The molecule has 0 spiro atoms. The molecule has 0 fully saturated rings. The van der Waals surface area contributed by atoms with Gasteiger partial charge >= 0.3 is 0 Å². The van der Waals surface area contributed by atoms with E-state index in [-0.39, 0.29) is 0 Å². The number of methoxy groups -OCH3 is 1. The third kappa shape index (κ3) is 1.92. The number of hydrogen-bond acceptors (Lipinski definition) is 4. The van der Waals surface area contributed by atoms with Gasteiger partial charge in [0.1, 0.15) is 0 Å². The fourth-order valence-electron chi connectivity index (χ4n) is 0.985. The minimum absolute atomic E-state index is 0.592. The van der Waals surface area contributed by atoms with Gasteiger partial charge in [-0.2, -0.15) is 0 Å². The third-order valence-electron chi connectivity index (χ3n) is 1.50. The Morgan fingerprint density at radius 1 is 1.58 bits per heavy atom. The predicted molar refractivity (Wildman–Crippen MR) is 46.1 cm³/mol. The van der Waals surface area contributed by atoms with Crippen molar-refractivity contribution in [2.45, 2.75) is 13.5 Å². The molecule has 1 aromatic heterocycles. The van der Waals surface area contributed by atoms with E-state index in [1.165, 1.54) is 0 Å². The van der Waals surface area contributed by atoms with Gasteiger partial charge in [-0.3, -0.25) is 0 Å². The van der Waals surface area contributed by atoms with Gasteiger partial charge in [-0.15, -0.1) is 0 Å². The Kier molecular flexibility index (Phi) is 2.99. The lowest BCUT2D eigenvalue weighted by Gasteiger charge is -2.04. The van der Waals surface area contributed by atoms with Gasteiger partial charge in [0.2, 0.25) is 5.88 Å². The molecule has 0 atom stereocenters. The molecule has 0 radical (unpaired) electrons. The molecule has 0 aliphatic heterocycles. The summed E-state index contributed by atoms with van der Waals surface area (Å²) in [6.45, 7) is 2.61. The van der Waals surface area contributed by atoms with E-state index in [4.69, 9.17) is 4.74 Å². The van der Waals surface area contributed by atoms with E-state index in [0.717, 1.165) is 17.9 Å². The average Bonchev–Trinajstić information content (AvgIpc) is 2.05. The molecular weight excluding hydrogens is 154 g/mol. The van der Waals surface area contributed by atoms with Gasteiger partial charge in [0.15, 0.2) is 0 Å². The van der Waals surface area contributed by atoms with Crippen LogP contribution < -0.4 is 10.1 Å². The van der Waals surface area contributed by atoms with E-state index in [1.807, 2.05) is 14.0 Å². The highest BCUT2D eigenvalue weighted by Crippen LogP contribution is 2.09. The van der Waals surface area contributed by atoms with Crippen LogP contribution in [0.1, 0.15) is 11.4 Å². The van der Waals surface area contributed by atoms with Crippen molar-refractivity contribution in [3.05, 3.63) is 17.6 Å². The number of ether oxygens (including phenoxy) is 1. The zero-order chi connectivity index (χ0) is 8.97. The molecule has 0 bridgehead atoms. The Hall–Kier alpha value is -1.16. The maximum absolute atomic E-state index is 4.98. The van der Waals surface area contributed by atoms with Gasteiger partial charge < -0.3 is 10.1 Å². The molecule has 4 heteroatoms. The molecule has 0 aliphatic rings. The first-order valence-electron chi connectivity index (χ1n) is 3.79. The van der Waals surface area contributed by atoms with Crippen molar-refractivity contribution in [1.29, 1.82) is 0 Å². The summed E-state index contributed by atoms with van der Waals surface area (Å²) >= 11 is 0. The third-order valence-corrected chi connectivity index (χ3v) is 1.50. The lowest BCUT2D eigenvalue weighted by molar-refractivity contribution is 0.391. The number of aromatic nitrogens is 2. The van der Waals surface area contributed by atoms with Crippen molar-refractivity contribution in [2.75, 3.05) is 14.2 Å². The maximum Gasteiger partial charge on any atom is 0.235 e. The van der Waals surface area contributed by atoms with Crippen LogP contribution in [0, 0.1) is 6.92 Å². The largest absolute Gasteiger partial charge is 0.480 e. The Balaban J connectivity index is 2.86. The Labute approximate surface area is 72.0 Å². The van der Waals surface area contributed by atoms with Crippen LogP contribution in [0.2, 0.25) is 0 Å². The molecule has 1 N–H and O–H groups in total. The fraction of sp³-hybridized carbons (Fsp3) is 0.500. The molecule has 1 rings (SSSR count). The quantitative estimate of drug-likeness (QED) is 0.712. The second-order valence-corrected chi connectivity index (χ2v) is 2.49. The Morgan fingerprint density at radius 3 is 2.83 bits per heavy atom. The van der Waals surface area contributed by atoms with Crippen LogP contribution in [0.5, 0.6) is 5.88 Å². The monoisotopic (exact) mass is 167 g/mol. The SMILES string of the molecule is CNCc1cnc(OC)c(C)n1. The molecule has 0 aromatic carbocycles. The maximum atomic E-state index is 4.98. The van der Waals surface area contributed by atoms with Crippen LogP contribution in [-0.4, -0.2) is 24.1 Å². The van der Waals surface area contributed by atoms with E-state index in [9.17, 15) is 0 Å². The van der Waals surface area contributed by atoms with Gasteiger partial charge in [0, 0.05) is 6.54 Å². The minimum atomic E-state index is 0.592. The van der Waals surface area contributed by atoms with E-state index in [2.05, 4.69) is 15.3 Å². The second kappa shape index (κ2) is 4.01. The van der Waals surface area contributed by atoms with Crippen LogP contribution in [0.25, 0.3) is 0 Å². The minimum Gasteiger partial charge on any atom is -0.480 e. The highest BCUT2D eigenvalue weighted by molar-refractivity contribution is 5.17. The lowest BCUT2D eigenvalue weighted by Crippen LogP contribution is -2.08. The Bertz CT molecular complexity index is 262. The van der Waals surface area contributed by atoms with Gasteiger partial charge in [0.25, 0.3) is 0 Å². The summed E-state index contributed by atoms with van der Waals surface area (Å²) in [5.41, 5.74) is 1.75. The predicted octanol–water partition coefficient (Wildman–Crippen LogP) is 0.513. The molecule has 1 heterocycles. The highest BCUT2D eigenvalue weighted by Gasteiger charge is 2.01. The van der Waals surface area contributed by atoms with E-state index < -0.39 is 0 Å². The number of nitrogens with one attached hydrogen (secondary N) is 1. The Morgan fingerprint density at radius 2 is 2.33 bits per heavy atom. The smallest absolute Gasteiger partial charge is 0.235 e. The molecule has 66 valence electrons. The van der Waals surface area contributed by atoms with Crippen LogP contribution in [0.3, 0.4) is 0 Å². The van der Waals surface area contributed by atoms with Crippen molar-refractivity contribution in [2.24, 2.45) is 0 Å². The normalized spacial score (nSPS) is 9.92. The summed E-state index contributed by atoms with van der Waals surface area (Å²) in [6.07, 6.45) is 1.71. The highest BCUT2D eigenvalue weighted by atomic mass is 16.5. The summed E-state index contributed by atoms with van der Waals surface area (Å²) in [7, 11) is 3.47. The van der Waals surface area contributed by atoms with Crippen molar-refractivity contribution in [3.8, 4) is 5.88 Å². The van der Waals surface area contributed by atoms with Crippen LogP contribution in [-0.2, 0) is 6.54 Å². The summed E-state index contributed by atoms with van der Waals surface area (Å²) < 4.78 is 4.98.